The van der Waals surface area contributed by atoms with Crippen LogP contribution in [-0.2, 0) is 19.1 Å². The Balaban J connectivity index is 4.07. The highest BCUT2D eigenvalue weighted by atomic mass is 16.6. The average Bonchev–Trinajstić information content (AvgIpc) is 2.14. The Labute approximate surface area is 97.3 Å². The van der Waals surface area contributed by atoms with Crippen molar-refractivity contribution in [3.05, 3.63) is 0 Å². The fraction of sp³-hybridized carbons (Fsp3) is 0.833. The van der Waals surface area contributed by atoms with Gasteiger partial charge in [0.05, 0.1) is 0 Å². The first-order chi connectivity index (χ1) is 7.28. The van der Waals surface area contributed by atoms with Gasteiger partial charge in [-0.2, -0.15) is 0 Å². The van der Waals surface area contributed by atoms with E-state index in [0.29, 0.717) is 19.4 Å². The molecule has 0 N–H and O–H groups in total. The minimum absolute atomic E-state index is 0.0914. The number of hydrogen-bond acceptors (Lipinski definition) is 4. The lowest BCUT2D eigenvalue weighted by Crippen LogP contribution is -2.31. The number of rotatable bonds is 6. The Bertz CT molecular complexity index is 240. The maximum Gasteiger partial charge on any atom is 0.316 e. The summed E-state index contributed by atoms with van der Waals surface area (Å²) in [4.78, 5) is 23.1. The molecule has 1 unspecified atom stereocenters. The van der Waals surface area contributed by atoms with Crippen LogP contribution < -0.4 is 0 Å². The molecule has 0 spiro atoms. The summed E-state index contributed by atoms with van der Waals surface area (Å²) >= 11 is 0. The number of ketones is 1. The predicted octanol–water partition coefficient (Wildman–Crippen LogP) is 1.96. The van der Waals surface area contributed by atoms with E-state index in [1.807, 2.05) is 0 Å². The Morgan fingerprint density at radius 1 is 1.25 bits per heavy atom. The second kappa shape index (κ2) is 6.63. The number of esters is 1. The Kier molecular flexibility index (Phi) is 6.26. The molecule has 0 bridgehead atoms. The summed E-state index contributed by atoms with van der Waals surface area (Å²) in [5.74, 6) is -1.22. The van der Waals surface area contributed by atoms with Gasteiger partial charge in [0, 0.05) is 20.1 Å². The van der Waals surface area contributed by atoms with Gasteiger partial charge in [0.2, 0.25) is 0 Å². The van der Waals surface area contributed by atoms with E-state index in [1.54, 1.807) is 34.8 Å². The highest BCUT2D eigenvalue weighted by molar-refractivity contribution is 5.98. The van der Waals surface area contributed by atoms with Gasteiger partial charge < -0.3 is 9.47 Å². The van der Waals surface area contributed by atoms with E-state index in [0.717, 1.165) is 0 Å². The van der Waals surface area contributed by atoms with Crippen LogP contribution in [0.4, 0.5) is 0 Å². The van der Waals surface area contributed by atoms with Gasteiger partial charge in [0.1, 0.15) is 17.3 Å². The lowest BCUT2D eigenvalue weighted by atomic mass is 10.0. The van der Waals surface area contributed by atoms with Crippen molar-refractivity contribution >= 4 is 11.8 Å². The standard InChI is InChI=1S/C12H22O4/c1-9(10(13)7-6-8-15-5)11(14)16-12(2,3)4/h9H,6-8H2,1-5H3. The molecule has 0 heterocycles. The van der Waals surface area contributed by atoms with Gasteiger partial charge in [-0.1, -0.05) is 0 Å². The van der Waals surface area contributed by atoms with Crippen molar-refractivity contribution in [1.82, 2.24) is 0 Å². The van der Waals surface area contributed by atoms with Crippen LogP contribution in [0.15, 0.2) is 0 Å². The third-order valence-corrected chi connectivity index (χ3v) is 2.01. The smallest absolute Gasteiger partial charge is 0.316 e. The molecule has 4 nitrogen and oxygen atoms in total. The quantitative estimate of drug-likeness (QED) is 0.397. The van der Waals surface area contributed by atoms with Crippen LogP contribution in [0.5, 0.6) is 0 Å². The molecule has 0 fully saturated rings. The number of carbonyl (C=O) groups is 2. The first kappa shape index (κ1) is 15.1. The third-order valence-electron chi connectivity index (χ3n) is 2.01. The van der Waals surface area contributed by atoms with E-state index in [1.165, 1.54) is 0 Å². The van der Waals surface area contributed by atoms with Crippen molar-refractivity contribution in [2.24, 2.45) is 5.92 Å². The highest BCUT2D eigenvalue weighted by Gasteiger charge is 2.26. The van der Waals surface area contributed by atoms with Gasteiger partial charge in [-0.25, -0.2) is 0 Å². The summed E-state index contributed by atoms with van der Waals surface area (Å²) in [5, 5.41) is 0. The van der Waals surface area contributed by atoms with Crippen molar-refractivity contribution in [2.75, 3.05) is 13.7 Å². The Morgan fingerprint density at radius 2 is 1.81 bits per heavy atom. The minimum atomic E-state index is -0.684. The Morgan fingerprint density at radius 3 is 2.25 bits per heavy atom. The van der Waals surface area contributed by atoms with Crippen LogP contribution in [0.1, 0.15) is 40.5 Å². The van der Waals surface area contributed by atoms with Crippen molar-refractivity contribution in [2.45, 2.75) is 46.1 Å². The SMILES string of the molecule is COCCCC(=O)C(C)C(=O)OC(C)(C)C. The third kappa shape index (κ3) is 6.56. The second-order valence-electron chi connectivity index (χ2n) is 4.82. The largest absolute Gasteiger partial charge is 0.459 e. The topological polar surface area (TPSA) is 52.6 Å². The van der Waals surface area contributed by atoms with E-state index in [9.17, 15) is 9.59 Å². The zero-order valence-corrected chi connectivity index (χ0v) is 10.8. The van der Waals surface area contributed by atoms with Gasteiger partial charge >= 0.3 is 5.97 Å². The van der Waals surface area contributed by atoms with Crippen molar-refractivity contribution in [3.63, 3.8) is 0 Å². The van der Waals surface area contributed by atoms with Gasteiger partial charge in [-0.05, 0) is 34.1 Å². The molecule has 0 saturated carbocycles. The molecule has 0 aromatic carbocycles. The van der Waals surface area contributed by atoms with Gasteiger partial charge in [-0.15, -0.1) is 0 Å². The van der Waals surface area contributed by atoms with E-state index < -0.39 is 17.5 Å². The summed E-state index contributed by atoms with van der Waals surface area (Å²) in [6.45, 7) is 7.48. The number of methoxy groups -OCH3 is 1. The maximum atomic E-state index is 11.6. The fourth-order valence-electron chi connectivity index (χ4n) is 1.13. The monoisotopic (exact) mass is 230 g/mol. The normalized spacial score (nSPS) is 13.3. The molecular formula is C12H22O4. The maximum absolute atomic E-state index is 11.6. The molecule has 0 aliphatic carbocycles. The predicted molar refractivity (Wildman–Crippen MR) is 61.1 cm³/mol. The number of Topliss-reactive ketones (excluding diaryl/α,β-unsaturated/α-hetero) is 1. The van der Waals surface area contributed by atoms with Crippen molar-refractivity contribution in [1.29, 1.82) is 0 Å². The summed E-state index contributed by atoms with van der Waals surface area (Å²) in [6.07, 6.45) is 0.997. The number of hydrogen-bond donors (Lipinski definition) is 0. The molecule has 0 rings (SSSR count). The first-order valence-corrected chi connectivity index (χ1v) is 5.52. The molecule has 94 valence electrons. The molecule has 0 aromatic heterocycles. The van der Waals surface area contributed by atoms with Crippen molar-refractivity contribution in [3.8, 4) is 0 Å². The minimum Gasteiger partial charge on any atom is -0.459 e. The fourth-order valence-corrected chi connectivity index (χ4v) is 1.13. The van der Waals surface area contributed by atoms with Crippen LogP contribution in [0.3, 0.4) is 0 Å². The number of carbonyl (C=O) groups excluding carboxylic acids is 2. The van der Waals surface area contributed by atoms with Crippen LogP contribution >= 0.6 is 0 Å². The molecule has 0 aliphatic heterocycles. The average molecular weight is 230 g/mol. The van der Waals surface area contributed by atoms with E-state index in [4.69, 9.17) is 9.47 Å². The van der Waals surface area contributed by atoms with Crippen LogP contribution in [-0.4, -0.2) is 31.1 Å². The second-order valence-corrected chi connectivity index (χ2v) is 4.82. The molecule has 0 saturated heterocycles. The van der Waals surface area contributed by atoms with Crippen LogP contribution in [0.2, 0.25) is 0 Å². The molecule has 0 aromatic rings. The summed E-state index contributed by atoms with van der Waals surface area (Å²) in [6, 6.07) is 0. The van der Waals surface area contributed by atoms with Gasteiger partial charge in [0.15, 0.2) is 0 Å². The summed E-state index contributed by atoms with van der Waals surface area (Å²) in [5.41, 5.74) is -0.543. The van der Waals surface area contributed by atoms with Gasteiger partial charge in [-0.3, -0.25) is 9.59 Å². The summed E-state index contributed by atoms with van der Waals surface area (Å²) < 4.78 is 9.98. The highest BCUT2D eigenvalue weighted by Crippen LogP contribution is 2.13. The summed E-state index contributed by atoms with van der Waals surface area (Å²) in [7, 11) is 1.59. The van der Waals surface area contributed by atoms with E-state index in [2.05, 4.69) is 0 Å². The molecule has 4 heteroatoms. The van der Waals surface area contributed by atoms with E-state index >= 15 is 0 Å². The van der Waals surface area contributed by atoms with Gasteiger partial charge in [0.25, 0.3) is 0 Å². The zero-order chi connectivity index (χ0) is 12.8. The molecule has 0 radical (unpaired) electrons. The first-order valence-electron chi connectivity index (χ1n) is 5.52. The van der Waals surface area contributed by atoms with E-state index in [-0.39, 0.29) is 5.78 Å². The zero-order valence-electron chi connectivity index (χ0n) is 10.8. The molecular weight excluding hydrogens is 208 g/mol. The lowest BCUT2D eigenvalue weighted by molar-refractivity contribution is -0.161. The number of ether oxygens (including phenoxy) is 2. The van der Waals surface area contributed by atoms with Crippen LogP contribution in [0, 0.1) is 5.92 Å². The molecule has 1 atom stereocenters. The van der Waals surface area contributed by atoms with Crippen LogP contribution in [0.25, 0.3) is 0 Å². The Hall–Kier alpha value is -0.900. The molecule has 0 amide bonds. The molecule has 16 heavy (non-hydrogen) atoms. The lowest BCUT2D eigenvalue weighted by Gasteiger charge is -2.21. The van der Waals surface area contributed by atoms with Crippen molar-refractivity contribution < 1.29 is 19.1 Å². The molecule has 0 aliphatic rings.